The number of fused-ring (bicyclic) bond motifs is 5. The molecule has 3 aromatic rings. The lowest BCUT2D eigenvalue weighted by Crippen LogP contribution is -2.84. The van der Waals surface area contributed by atoms with E-state index >= 15 is 4.79 Å². The van der Waals surface area contributed by atoms with Crippen LogP contribution in [0.5, 0.6) is 0 Å². The zero-order valence-corrected chi connectivity index (χ0v) is 37.1. The highest BCUT2D eigenvalue weighted by molar-refractivity contribution is 9.09. The van der Waals surface area contributed by atoms with Crippen LogP contribution in [-0.4, -0.2) is 110 Å². The van der Waals surface area contributed by atoms with Crippen LogP contribution in [-0.2, 0) is 42.9 Å². The summed E-state index contributed by atoms with van der Waals surface area (Å²) in [6, 6.07) is 22.9. The topological polar surface area (TPSA) is 221 Å². The van der Waals surface area contributed by atoms with E-state index in [-0.39, 0.29) is 28.9 Å². The maximum Gasteiger partial charge on any atom is 0.338 e. The van der Waals surface area contributed by atoms with Gasteiger partial charge in [-0.05, 0) is 54.8 Å². The maximum atomic E-state index is 15.6. The zero-order chi connectivity index (χ0) is 45.8. The van der Waals surface area contributed by atoms with Gasteiger partial charge in [-0.15, -0.1) is 0 Å². The van der Waals surface area contributed by atoms with Gasteiger partial charge in [0.25, 0.3) is 5.91 Å². The molecule has 15 nitrogen and oxygen atoms in total. The first-order chi connectivity index (χ1) is 29.7. The van der Waals surface area contributed by atoms with Gasteiger partial charge >= 0.3 is 23.9 Å². The number of aliphatic hydroxyl groups is 3. The van der Waals surface area contributed by atoms with E-state index in [0.717, 1.165) is 13.8 Å². The van der Waals surface area contributed by atoms with Crippen molar-refractivity contribution in [3.8, 4) is 0 Å². The number of alkyl halides is 1. The van der Waals surface area contributed by atoms with Gasteiger partial charge in [0.2, 0.25) is 0 Å². The minimum absolute atomic E-state index is 0.0204. The van der Waals surface area contributed by atoms with Crippen molar-refractivity contribution in [2.75, 3.05) is 6.61 Å². The van der Waals surface area contributed by atoms with Crippen LogP contribution in [0.15, 0.2) is 102 Å². The minimum atomic E-state index is -2.42. The summed E-state index contributed by atoms with van der Waals surface area (Å²) in [5.74, 6) is -6.98. The van der Waals surface area contributed by atoms with E-state index in [2.05, 4.69) is 21.2 Å². The Morgan fingerprint density at radius 3 is 1.95 bits per heavy atom. The Hall–Kier alpha value is -5.26. The van der Waals surface area contributed by atoms with E-state index in [9.17, 15) is 39.3 Å². The number of amides is 1. The molecule has 0 spiro atoms. The second-order valence-electron chi connectivity index (χ2n) is 17.4. The zero-order valence-electron chi connectivity index (χ0n) is 35.5. The van der Waals surface area contributed by atoms with Gasteiger partial charge in [-0.1, -0.05) is 96.5 Å². The summed E-state index contributed by atoms with van der Waals surface area (Å²) in [5, 5.41) is 40.5. The highest BCUT2D eigenvalue weighted by Gasteiger charge is 2.80. The van der Waals surface area contributed by atoms with Crippen molar-refractivity contribution in [3.63, 3.8) is 0 Å². The van der Waals surface area contributed by atoms with Crippen molar-refractivity contribution in [1.82, 2.24) is 5.32 Å². The SMILES string of the molecule is CC(=O)O[C@H]1C(=O)[C@@]2(C)C([C@H](OC(=O)c3ccccc3)[C@]3(O)C[C@H](OC(=O)[C@H](O)[C@@H](NC(=O)c4ccccc4)c4ccccc4)C(C)=C1C3(C)C)[C@]1(OC(C)=O)CO[C@@H]1[C@@H](Br)[C@@H]2O. The summed E-state index contributed by atoms with van der Waals surface area (Å²) < 4.78 is 30.4. The molecular weight excluding hydrogens is 882 g/mol. The molecule has 3 aliphatic carbocycles. The molecule has 1 amide bonds. The molecule has 3 aromatic carbocycles. The summed E-state index contributed by atoms with van der Waals surface area (Å²) in [4.78, 5) is 82.8. The molecule has 1 unspecified atom stereocenters. The third kappa shape index (κ3) is 7.58. The van der Waals surface area contributed by atoms with Crippen molar-refractivity contribution >= 4 is 51.5 Å². The highest BCUT2D eigenvalue weighted by Crippen LogP contribution is 2.65. The van der Waals surface area contributed by atoms with Crippen molar-refractivity contribution < 1.29 is 67.8 Å². The number of carbonyl (C=O) groups excluding carboxylic acids is 6. The molecule has 0 aromatic heterocycles. The molecule has 4 aliphatic rings. The second-order valence-corrected chi connectivity index (χ2v) is 18.5. The van der Waals surface area contributed by atoms with E-state index in [4.69, 9.17) is 23.7 Å². The Kier molecular flexibility index (Phi) is 12.4. The van der Waals surface area contributed by atoms with Gasteiger partial charge in [0.05, 0.1) is 40.5 Å². The molecule has 2 bridgehead atoms. The molecule has 1 heterocycles. The monoisotopic (exact) mass is 931 g/mol. The Labute approximate surface area is 372 Å². The van der Waals surface area contributed by atoms with Crippen molar-refractivity contribution in [2.45, 2.75) is 107 Å². The quantitative estimate of drug-likeness (QED) is 0.0974. The summed E-state index contributed by atoms with van der Waals surface area (Å²) in [6.45, 7) is 7.88. The van der Waals surface area contributed by atoms with Crippen LogP contribution in [0, 0.1) is 16.7 Å². The number of rotatable bonds is 10. The Balaban J connectivity index is 1.40. The predicted molar refractivity (Wildman–Crippen MR) is 226 cm³/mol. The Bertz CT molecular complexity index is 2320. The first-order valence-electron chi connectivity index (χ1n) is 20.5. The molecule has 12 atom stereocenters. The maximum absolute atomic E-state index is 15.6. The number of ether oxygens (including phenoxy) is 5. The molecule has 3 fully saturated rings. The van der Waals surface area contributed by atoms with E-state index in [0.29, 0.717) is 5.56 Å². The van der Waals surface area contributed by atoms with Gasteiger partial charge in [0.1, 0.15) is 23.9 Å². The van der Waals surface area contributed by atoms with Gasteiger partial charge in [-0.3, -0.25) is 19.2 Å². The van der Waals surface area contributed by atoms with E-state index in [1.807, 2.05) is 0 Å². The van der Waals surface area contributed by atoms with Crippen LogP contribution in [0.4, 0.5) is 0 Å². The molecule has 2 saturated carbocycles. The number of carbonyl (C=O) groups is 6. The van der Waals surface area contributed by atoms with E-state index in [1.54, 1.807) is 92.7 Å². The summed E-state index contributed by atoms with van der Waals surface area (Å²) >= 11 is 3.48. The molecular formula is C47H50BrNO14. The predicted octanol–water partition coefficient (Wildman–Crippen LogP) is 4.11. The van der Waals surface area contributed by atoms with Gasteiger partial charge < -0.3 is 44.3 Å². The molecule has 1 saturated heterocycles. The fraction of sp³-hybridized carbons (Fsp3) is 0.447. The van der Waals surface area contributed by atoms with Crippen LogP contribution in [0.25, 0.3) is 0 Å². The molecule has 16 heteroatoms. The lowest BCUT2D eigenvalue weighted by molar-refractivity contribution is -0.342. The normalized spacial score (nSPS) is 32.7. The van der Waals surface area contributed by atoms with E-state index < -0.39 is 117 Å². The van der Waals surface area contributed by atoms with Crippen LogP contribution in [0.2, 0.25) is 0 Å². The summed E-state index contributed by atoms with van der Waals surface area (Å²) in [6.07, 6.45) is -10.6. The lowest BCUT2D eigenvalue weighted by atomic mass is 9.44. The smallest absolute Gasteiger partial charge is 0.338 e. The van der Waals surface area contributed by atoms with Gasteiger partial charge in [-0.25, -0.2) is 9.59 Å². The van der Waals surface area contributed by atoms with Crippen LogP contribution in [0.3, 0.4) is 0 Å². The van der Waals surface area contributed by atoms with Gasteiger partial charge in [0, 0.05) is 31.2 Å². The summed E-state index contributed by atoms with van der Waals surface area (Å²) in [5.41, 5.74) is -7.27. The van der Waals surface area contributed by atoms with E-state index in [1.165, 1.54) is 26.0 Å². The molecule has 1 aliphatic heterocycles. The average Bonchev–Trinajstić information content (AvgIpc) is 3.24. The fourth-order valence-electron chi connectivity index (χ4n) is 10.2. The van der Waals surface area contributed by atoms with Crippen LogP contribution >= 0.6 is 15.9 Å². The molecule has 334 valence electrons. The number of esters is 4. The van der Waals surface area contributed by atoms with Crippen molar-refractivity contribution in [2.24, 2.45) is 16.7 Å². The number of aliphatic hydroxyl groups excluding tert-OH is 2. The molecule has 4 N–H and O–H groups in total. The number of hydrogen-bond donors (Lipinski definition) is 4. The summed E-state index contributed by atoms with van der Waals surface area (Å²) in [7, 11) is 0. The van der Waals surface area contributed by atoms with Gasteiger partial charge in [0.15, 0.2) is 23.6 Å². The first kappa shape index (κ1) is 45.8. The molecule has 0 radical (unpaired) electrons. The Morgan fingerprint density at radius 1 is 0.841 bits per heavy atom. The number of nitrogens with one attached hydrogen (secondary N) is 1. The molecule has 7 rings (SSSR count). The van der Waals surface area contributed by atoms with Crippen molar-refractivity contribution in [1.29, 1.82) is 0 Å². The van der Waals surface area contributed by atoms with Crippen LogP contribution in [0.1, 0.15) is 80.3 Å². The standard InChI is InChI=1S/C47H50BrNO14/c1-24-30(61-43(57)34(52)33(27-16-10-7-11-17-27)49-41(55)28-18-12-8-13-19-28)22-47(58)40(62-42(56)29-20-14-9-15-21-29)36-45(6,38(54)35(60-25(2)50)31(24)44(47,4)5)37(53)32(48)39-46(36,23-59-39)63-26(3)51/h7-21,30,32-37,39-40,52-53,58H,22-23H2,1-6H3,(H,49,55)/t30-,32-,33-,34+,35+,36?,37-,39+,40-,45-,46+,47+/m0/s1. The van der Waals surface area contributed by atoms with Crippen molar-refractivity contribution in [3.05, 3.63) is 119 Å². The number of hydrogen-bond acceptors (Lipinski definition) is 14. The number of Topliss-reactive ketones (excluding diaryl/α,β-unsaturated/α-hetero) is 1. The lowest BCUT2D eigenvalue weighted by Gasteiger charge is -2.68. The third-order valence-electron chi connectivity index (χ3n) is 13.5. The molecule has 63 heavy (non-hydrogen) atoms. The van der Waals surface area contributed by atoms with Gasteiger partial charge in [-0.2, -0.15) is 0 Å². The Morgan fingerprint density at radius 2 is 1.41 bits per heavy atom. The fourth-order valence-corrected chi connectivity index (χ4v) is 11.4. The average molecular weight is 933 g/mol. The van der Waals surface area contributed by atoms with Crippen LogP contribution < -0.4 is 5.32 Å². The number of ketones is 1. The third-order valence-corrected chi connectivity index (χ3v) is 14.5. The largest absolute Gasteiger partial charge is 0.456 e. The number of benzene rings is 3. The first-order valence-corrected chi connectivity index (χ1v) is 21.5. The minimum Gasteiger partial charge on any atom is -0.456 e. The number of halogens is 1. The highest BCUT2D eigenvalue weighted by atomic mass is 79.9. The second kappa shape index (κ2) is 17.0.